The van der Waals surface area contributed by atoms with Gasteiger partial charge in [-0.25, -0.2) is 23.5 Å². The molecule has 1 N–H and O–H groups in total. The number of hydrogen-bond acceptors (Lipinski definition) is 5. The number of nitrogens with zero attached hydrogens (tertiary/aromatic N) is 3. The molecule has 1 aliphatic rings. The number of nitrogens with one attached hydrogen (secondary N) is 1. The van der Waals surface area contributed by atoms with E-state index in [2.05, 4.69) is 15.3 Å². The van der Waals surface area contributed by atoms with Crippen molar-refractivity contribution in [2.75, 3.05) is 13.1 Å². The van der Waals surface area contributed by atoms with Gasteiger partial charge in [-0.15, -0.1) is 0 Å². The van der Waals surface area contributed by atoms with Crippen molar-refractivity contribution in [1.82, 2.24) is 20.2 Å². The van der Waals surface area contributed by atoms with Crippen molar-refractivity contribution in [3.05, 3.63) is 48.0 Å². The van der Waals surface area contributed by atoms with Gasteiger partial charge < -0.3 is 15.0 Å². The molecular formula is C20H22F2N4O3. The highest BCUT2D eigenvalue weighted by molar-refractivity contribution is 5.94. The minimum Gasteiger partial charge on any atom is -0.444 e. The first kappa shape index (κ1) is 20.6. The van der Waals surface area contributed by atoms with Crippen molar-refractivity contribution in [3.8, 4) is 11.4 Å². The number of halogens is 2. The van der Waals surface area contributed by atoms with E-state index in [1.165, 1.54) is 35.5 Å². The van der Waals surface area contributed by atoms with Gasteiger partial charge in [0.2, 0.25) is 0 Å². The predicted molar refractivity (Wildman–Crippen MR) is 101 cm³/mol. The average molecular weight is 404 g/mol. The molecule has 7 nitrogen and oxygen atoms in total. The lowest BCUT2D eigenvalue weighted by atomic mass is 10.2. The fourth-order valence-electron chi connectivity index (χ4n) is 2.85. The number of carbonyl (C=O) groups is 2. The van der Waals surface area contributed by atoms with E-state index < -0.39 is 35.6 Å². The summed E-state index contributed by atoms with van der Waals surface area (Å²) in [5, 5.41) is 2.56. The van der Waals surface area contributed by atoms with E-state index in [-0.39, 0.29) is 24.5 Å². The van der Waals surface area contributed by atoms with Crippen LogP contribution in [0.3, 0.4) is 0 Å². The summed E-state index contributed by atoms with van der Waals surface area (Å²) in [4.78, 5) is 33.9. The van der Waals surface area contributed by atoms with Crippen molar-refractivity contribution in [2.24, 2.45) is 0 Å². The quantitative estimate of drug-likeness (QED) is 0.850. The maximum atomic E-state index is 14.3. The number of rotatable bonds is 3. The van der Waals surface area contributed by atoms with Crippen LogP contribution in [0.2, 0.25) is 0 Å². The molecule has 1 aromatic heterocycles. The van der Waals surface area contributed by atoms with Crippen LogP contribution < -0.4 is 5.32 Å². The van der Waals surface area contributed by atoms with Crippen LogP contribution >= 0.6 is 0 Å². The van der Waals surface area contributed by atoms with E-state index in [4.69, 9.17) is 4.74 Å². The smallest absolute Gasteiger partial charge is 0.410 e. The van der Waals surface area contributed by atoms with Crippen molar-refractivity contribution in [1.29, 1.82) is 0 Å². The first-order valence-corrected chi connectivity index (χ1v) is 9.13. The van der Waals surface area contributed by atoms with E-state index in [0.29, 0.717) is 5.56 Å². The number of amides is 2. The lowest BCUT2D eigenvalue weighted by molar-refractivity contribution is 0.0281. The van der Waals surface area contributed by atoms with Gasteiger partial charge in [-0.05, 0) is 32.9 Å². The van der Waals surface area contributed by atoms with Crippen LogP contribution in [-0.2, 0) is 4.74 Å². The van der Waals surface area contributed by atoms with Gasteiger partial charge in [0.1, 0.15) is 17.6 Å². The Bertz CT molecular complexity index is 899. The van der Waals surface area contributed by atoms with Gasteiger partial charge in [0.05, 0.1) is 18.2 Å². The Kier molecular flexibility index (Phi) is 5.76. The third-order valence-corrected chi connectivity index (χ3v) is 4.21. The summed E-state index contributed by atoms with van der Waals surface area (Å²) in [5.74, 6) is -0.714. The highest BCUT2D eigenvalue weighted by Crippen LogP contribution is 2.19. The molecule has 0 unspecified atom stereocenters. The minimum atomic E-state index is -1.42. The van der Waals surface area contributed by atoms with E-state index >= 15 is 0 Å². The standard InChI is InChI=1S/C20H22F2N4O3/c1-20(2,3)29-19(28)26-10-15(22)16(11-26)25-18(27)13-8-23-17(24-9-13)12-5-4-6-14(21)7-12/h4-9,15-16H,10-11H2,1-3H3,(H,25,27)/t15-,16-/m0/s1. The molecule has 1 saturated heterocycles. The lowest BCUT2D eigenvalue weighted by Gasteiger charge is -2.24. The van der Waals surface area contributed by atoms with E-state index in [9.17, 15) is 18.4 Å². The fourth-order valence-corrected chi connectivity index (χ4v) is 2.85. The second-order valence-electron chi connectivity index (χ2n) is 7.79. The van der Waals surface area contributed by atoms with Gasteiger partial charge in [-0.2, -0.15) is 0 Å². The summed E-state index contributed by atoms with van der Waals surface area (Å²) >= 11 is 0. The molecule has 2 heterocycles. The Hall–Kier alpha value is -3.10. The molecule has 9 heteroatoms. The molecular weight excluding hydrogens is 382 g/mol. The highest BCUT2D eigenvalue weighted by atomic mass is 19.1. The Balaban J connectivity index is 1.62. The molecule has 0 aliphatic carbocycles. The summed E-state index contributed by atoms with van der Waals surface area (Å²) < 4.78 is 32.8. The lowest BCUT2D eigenvalue weighted by Crippen LogP contribution is -2.42. The summed E-state index contributed by atoms with van der Waals surface area (Å²) in [5.41, 5.74) is -0.0806. The summed E-state index contributed by atoms with van der Waals surface area (Å²) in [6.45, 7) is 5.01. The molecule has 0 bridgehead atoms. The Morgan fingerprint density at radius 3 is 2.52 bits per heavy atom. The average Bonchev–Trinajstić information content (AvgIpc) is 3.01. The molecule has 29 heavy (non-hydrogen) atoms. The number of aromatic nitrogens is 2. The van der Waals surface area contributed by atoms with Crippen LogP contribution in [0, 0.1) is 5.82 Å². The topological polar surface area (TPSA) is 84.4 Å². The number of benzene rings is 1. The summed E-state index contributed by atoms with van der Waals surface area (Å²) in [6, 6.07) is 4.91. The van der Waals surface area contributed by atoms with E-state index in [1.807, 2.05) is 0 Å². The van der Waals surface area contributed by atoms with Gasteiger partial charge in [0.15, 0.2) is 5.82 Å². The molecule has 154 valence electrons. The number of carbonyl (C=O) groups excluding carboxylic acids is 2. The van der Waals surface area contributed by atoms with Crippen LogP contribution in [0.4, 0.5) is 13.6 Å². The molecule has 2 amide bonds. The largest absolute Gasteiger partial charge is 0.444 e. The van der Waals surface area contributed by atoms with Crippen LogP contribution in [0.1, 0.15) is 31.1 Å². The maximum absolute atomic E-state index is 14.3. The normalized spacial score (nSPS) is 19.1. The molecule has 1 aromatic carbocycles. The van der Waals surface area contributed by atoms with Crippen molar-refractivity contribution in [2.45, 2.75) is 38.6 Å². The zero-order valence-electron chi connectivity index (χ0n) is 16.4. The first-order chi connectivity index (χ1) is 13.6. The third-order valence-electron chi connectivity index (χ3n) is 4.21. The van der Waals surface area contributed by atoms with Crippen molar-refractivity contribution >= 4 is 12.0 Å². The van der Waals surface area contributed by atoms with Crippen LogP contribution in [-0.4, -0.2) is 57.8 Å². The Morgan fingerprint density at radius 1 is 1.21 bits per heavy atom. The van der Waals surface area contributed by atoms with E-state index in [0.717, 1.165) is 0 Å². The summed E-state index contributed by atoms with van der Waals surface area (Å²) in [6.07, 6.45) is 0.533. The Labute approximate surface area is 167 Å². The number of hydrogen-bond donors (Lipinski definition) is 1. The van der Waals surface area contributed by atoms with Gasteiger partial charge in [-0.3, -0.25) is 4.79 Å². The zero-order chi connectivity index (χ0) is 21.2. The molecule has 0 saturated carbocycles. The predicted octanol–water partition coefficient (Wildman–Crippen LogP) is 2.97. The number of ether oxygens (including phenoxy) is 1. The molecule has 1 aliphatic heterocycles. The molecule has 0 radical (unpaired) electrons. The van der Waals surface area contributed by atoms with Gasteiger partial charge in [-0.1, -0.05) is 12.1 Å². The monoisotopic (exact) mass is 404 g/mol. The van der Waals surface area contributed by atoms with Crippen LogP contribution in [0.25, 0.3) is 11.4 Å². The zero-order valence-corrected chi connectivity index (χ0v) is 16.4. The van der Waals surface area contributed by atoms with Crippen molar-refractivity contribution < 1.29 is 23.1 Å². The maximum Gasteiger partial charge on any atom is 0.410 e. The van der Waals surface area contributed by atoms with Gasteiger partial charge in [0.25, 0.3) is 5.91 Å². The number of likely N-dealkylation sites (tertiary alicyclic amines) is 1. The van der Waals surface area contributed by atoms with Gasteiger partial charge in [0, 0.05) is 24.5 Å². The van der Waals surface area contributed by atoms with Crippen LogP contribution in [0.5, 0.6) is 0 Å². The molecule has 2 aromatic rings. The minimum absolute atomic E-state index is 0.00402. The van der Waals surface area contributed by atoms with E-state index in [1.54, 1.807) is 26.8 Å². The second-order valence-corrected chi connectivity index (χ2v) is 7.79. The molecule has 1 fully saturated rings. The first-order valence-electron chi connectivity index (χ1n) is 9.13. The SMILES string of the molecule is CC(C)(C)OC(=O)N1C[C@H](NC(=O)c2cnc(-c3cccc(F)c3)nc2)[C@@H](F)C1. The van der Waals surface area contributed by atoms with Crippen LogP contribution in [0.15, 0.2) is 36.7 Å². The highest BCUT2D eigenvalue weighted by Gasteiger charge is 2.38. The van der Waals surface area contributed by atoms with Gasteiger partial charge >= 0.3 is 6.09 Å². The molecule has 3 rings (SSSR count). The fraction of sp³-hybridized carbons (Fsp3) is 0.400. The number of alkyl halides is 1. The summed E-state index contributed by atoms with van der Waals surface area (Å²) in [7, 11) is 0. The second kappa shape index (κ2) is 8.10. The molecule has 2 atom stereocenters. The third kappa shape index (κ3) is 5.24. The van der Waals surface area contributed by atoms with Crippen molar-refractivity contribution in [3.63, 3.8) is 0 Å². The Morgan fingerprint density at radius 2 is 1.90 bits per heavy atom. The molecule has 0 spiro atoms.